The Balaban J connectivity index is 2.43. The summed E-state index contributed by atoms with van der Waals surface area (Å²) in [5.74, 6) is -2.96. The van der Waals surface area contributed by atoms with Crippen molar-refractivity contribution in [2.24, 2.45) is 0 Å². The Kier molecular flexibility index (Phi) is 6.39. The summed E-state index contributed by atoms with van der Waals surface area (Å²) >= 11 is 0. The number of benzene rings is 1. The van der Waals surface area contributed by atoms with E-state index in [1.807, 2.05) is 0 Å². The van der Waals surface area contributed by atoms with Crippen molar-refractivity contribution in [2.45, 2.75) is 0 Å². The number of carbonyl (C=O) groups excluding carboxylic acids is 3. The lowest BCUT2D eigenvalue weighted by molar-refractivity contribution is -0.118. The van der Waals surface area contributed by atoms with Gasteiger partial charge in [-0.2, -0.15) is 0 Å². The van der Waals surface area contributed by atoms with E-state index >= 15 is 0 Å². The van der Waals surface area contributed by atoms with Crippen LogP contribution in [0.5, 0.6) is 5.75 Å². The molecule has 0 spiro atoms. The van der Waals surface area contributed by atoms with Crippen LogP contribution >= 0.6 is 0 Å². The van der Waals surface area contributed by atoms with E-state index < -0.39 is 30.1 Å². The van der Waals surface area contributed by atoms with Crippen LogP contribution < -0.4 is 20.7 Å². The highest BCUT2D eigenvalue weighted by atomic mass is 19.1. The number of aliphatic hydroxyl groups excluding tert-OH is 1. The van der Waals surface area contributed by atoms with Crippen LogP contribution in [-0.2, 0) is 4.79 Å². The Labute approximate surface area is 153 Å². The summed E-state index contributed by atoms with van der Waals surface area (Å²) in [6.45, 7) is -0.771. The number of carbonyl (C=O) groups is 3. The van der Waals surface area contributed by atoms with E-state index in [2.05, 4.69) is 20.9 Å². The first-order chi connectivity index (χ1) is 12.9. The number of ether oxygens (including phenoxy) is 1. The van der Waals surface area contributed by atoms with Gasteiger partial charge in [0.25, 0.3) is 17.7 Å². The highest BCUT2D eigenvalue weighted by Crippen LogP contribution is 2.25. The number of amides is 3. The van der Waals surface area contributed by atoms with E-state index in [-0.39, 0.29) is 28.4 Å². The molecule has 0 saturated heterocycles. The van der Waals surface area contributed by atoms with Gasteiger partial charge in [0.2, 0.25) is 0 Å². The number of hydrogen-bond acceptors (Lipinski definition) is 6. The Bertz CT molecular complexity index is 888. The van der Waals surface area contributed by atoms with E-state index in [9.17, 15) is 18.8 Å². The number of hydrogen-bond donors (Lipinski definition) is 4. The maximum atomic E-state index is 14.1. The van der Waals surface area contributed by atoms with Gasteiger partial charge < -0.3 is 25.8 Å². The molecule has 0 atom stereocenters. The second-order valence-corrected chi connectivity index (χ2v) is 5.17. The smallest absolute Gasteiger partial charge is 0.262 e. The van der Waals surface area contributed by atoms with Gasteiger partial charge in [0.15, 0.2) is 0 Å². The van der Waals surface area contributed by atoms with Crippen LogP contribution in [0, 0.1) is 5.82 Å². The van der Waals surface area contributed by atoms with Gasteiger partial charge >= 0.3 is 0 Å². The summed E-state index contributed by atoms with van der Waals surface area (Å²) in [6, 6.07) is 5.10. The first kappa shape index (κ1) is 19.8. The number of pyridine rings is 1. The van der Waals surface area contributed by atoms with Crippen molar-refractivity contribution in [1.29, 1.82) is 0 Å². The zero-order chi connectivity index (χ0) is 20.0. The Morgan fingerprint density at radius 3 is 2.59 bits per heavy atom. The fourth-order valence-corrected chi connectivity index (χ4v) is 2.20. The molecule has 0 saturated carbocycles. The van der Waals surface area contributed by atoms with Crippen LogP contribution in [0.1, 0.15) is 20.7 Å². The van der Waals surface area contributed by atoms with Crippen molar-refractivity contribution >= 4 is 29.2 Å². The van der Waals surface area contributed by atoms with Gasteiger partial charge in [0, 0.05) is 19.3 Å². The Morgan fingerprint density at radius 1 is 1.22 bits per heavy atom. The molecule has 0 fully saturated rings. The molecule has 10 heteroatoms. The maximum Gasteiger partial charge on any atom is 0.262 e. The van der Waals surface area contributed by atoms with Crippen LogP contribution in [-0.4, -0.2) is 48.6 Å². The first-order valence-electron chi connectivity index (χ1n) is 7.68. The van der Waals surface area contributed by atoms with Gasteiger partial charge in [0.1, 0.15) is 29.6 Å². The topological polar surface area (TPSA) is 130 Å². The average molecular weight is 376 g/mol. The number of anilines is 2. The highest BCUT2D eigenvalue weighted by Gasteiger charge is 2.21. The molecular weight excluding hydrogens is 359 g/mol. The predicted octanol–water partition coefficient (Wildman–Crippen LogP) is 0.772. The van der Waals surface area contributed by atoms with Crippen molar-refractivity contribution in [2.75, 3.05) is 31.4 Å². The number of nitrogens with one attached hydrogen (secondary N) is 3. The minimum Gasteiger partial charge on any atom is -0.496 e. The van der Waals surface area contributed by atoms with Crippen molar-refractivity contribution in [1.82, 2.24) is 10.3 Å². The van der Waals surface area contributed by atoms with Crippen LogP contribution in [0.3, 0.4) is 0 Å². The third-order valence-corrected chi connectivity index (χ3v) is 3.46. The van der Waals surface area contributed by atoms with Crippen LogP contribution in [0.2, 0.25) is 0 Å². The van der Waals surface area contributed by atoms with Crippen molar-refractivity contribution < 1.29 is 28.6 Å². The molecule has 0 unspecified atom stereocenters. The predicted molar refractivity (Wildman–Crippen MR) is 94.2 cm³/mol. The molecule has 1 aromatic carbocycles. The van der Waals surface area contributed by atoms with E-state index in [1.54, 1.807) is 0 Å². The Morgan fingerprint density at radius 2 is 1.96 bits per heavy atom. The number of aliphatic hydroxyl groups is 1. The lowest BCUT2D eigenvalue weighted by Crippen LogP contribution is -2.23. The summed E-state index contributed by atoms with van der Waals surface area (Å²) in [7, 11) is 2.67. The molecule has 1 aromatic heterocycles. The summed E-state index contributed by atoms with van der Waals surface area (Å²) in [5.41, 5.74) is -0.378. The molecule has 0 aliphatic rings. The number of aromatic nitrogens is 1. The second kappa shape index (κ2) is 8.72. The quantitative estimate of drug-likeness (QED) is 0.589. The number of methoxy groups -OCH3 is 1. The fraction of sp³-hybridized carbons (Fsp3) is 0.176. The standard InChI is InChI=1S/C17H17FN4O5/c1-19-16(25)9-7-20-13(22-14(24)8-23)6-11(9)21-17(26)15-10(18)4-3-5-12(15)27-2/h3-7,23H,8H2,1-2H3,(H,19,25)(H2,20,21,22,24,26). The van der Waals surface area contributed by atoms with E-state index in [1.165, 1.54) is 32.4 Å². The molecular formula is C17H17FN4O5. The summed E-state index contributed by atoms with van der Waals surface area (Å²) in [6.07, 6.45) is 1.13. The molecule has 0 radical (unpaired) electrons. The number of nitrogens with zero attached hydrogens (tertiary/aromatic N) is 1. The molecule has 142 valence electrons. The molecule has 3 amide bonds. The zero-order valence-corrected chi connectivity index (χ0v) is 14.5. The molecule has 1 heterocycles. The molecule has 9 nitrogen and oxygen atoms in total. The lowest BCUT2D eigenvalue weighted by atomic mass is 10.1. The molecule has 0 aliphatic heterocycles. The monoisotopic (exact) mass is 376 g/mol. The fourth-order valence-electron chi connectivity index (χ4n) is 2.20. The second-order valence-electron chi connectivity index (χ2n) is 5.17. The van der Waals surface area contributed by atoms with Crippen molar-refractivity contribution in [3.63, 3.8) is 0 Å². The third-order valence-electron chi connectivity index (χ3n) is 3.46. The van der Waals surface area contributed by atoms with Gasteiger partial charge in [0.05, 0.1) is 18.4 Å². The zero-order valence-electron chi connectivity index (χ0n) is 14.5. The highest BCUT2D eigenvalue weighted by molar-refractivity contribution is 6.10. The number of rotatable bonds is 6. The SMILES string of the molecule is CNC(=O)c1cnc(NC(=O)CO)cc1NC(=O)c1c(F)cccc1OC. The van der Waals surface area contributed by atoms with Crippen LogP contribution in [0.4, 0.5) is 15.9 Å². The minimum atomic E-state index is -0.860. The van der Waals surface area contributed by atoms with Gasteiger partial charge in [-0.15, -0.1) is 0 Å². The molecule has 27 heavy (non-hydrogen) atoms. The van der Waals surface area contributed by atoms with E-state index in [4.69, 9.17) is 9.84 Å². The lowest BCUT2D eigenvalue weighted by Gasteiger charge is -2.14. The first-order valence-corrected chi connectivity index (χ1v) is 7.68. The summed E-state index contributed by atoms with van der Waals surface area (Å²) in [5, 5.41) is 15.9. The molecule has 2 rings (SSSR count). The average Bonchev–Trinajstić information content (AvgIpc) is 2.67. The minimum absolute atomic E-state index is 0.0110. The van der Waals surface area contributed by atoms with E-state index in [0.29, 0.717) is 0 Å². The number of halogens is 1. The van der Waals surface area contributed by atoms with Gasteiger partial charge in [-0.25, -0.2) is 9.37 Å². The van der Waals surface area contributed by atoms with Crippen LogP contribution in [0.25, 0.3) is 0 Å². The largest absolute Gasteiger partial charge is 0.496 e. The normalized spacial score (nSPS) is 10.1. The maximum absolute atomic E-state index is 14.1. The molecule has 4 N–H and O–H groups in total. The molecule has 0 bridgehead atoms. The Hall–Kier alpha value is -3.53. The van der Waals surface area contributed by atoms with Gasteiger partial charge in [-0.05, 0) is 12.1 Å². The van der Waals surface area contributed by atoms with Gasteiger partial charge in [-0.3, -0.25) is 14.4 Å². The van der Waals surface area contributed by atoms with Crippen LogP contribution in [0.15, 0.2) is 30.5 Å². The van der Waals surface area contributed by atoms with E-state index in [0.717, 1.165) is 12.3 Å². The third kappa shape index (κ3) is 4.55. The summed E-state index contributed by atoms with van der Waals surface area (Å²) < 4.78 is 19.1. The van der Waals surface area contributed by atoms with Crippen molar-refractivity contribution in [3.8, 4) is 5.75 Å². The van der Waals surface area contributed by atoms with Gasteiger partial charge in [-0.1, -0.05) is 6.07 Å². The molecule has 2 aromatic rings. The molecule has 0 aliphatic carbocycles. The summed E-state index contributed by atoms with van der Waals surface area (Å²) in [4.78, 5) is 39.7. The van der Waals surface area contributed by atoms with Crippen molar-refractivity contribution in [3.05, 3.63) is 47.4 Å².